The van der Waals surface area contributed by atoms with Crippen LogP contribution in [0.5, 0.6) is 0 Å². The van der Waals surface area contributed by atoms with Gasteiger partial charge in [0.15, 0.2) is 0 Å². The van der Waals surface area contributed by atoms with E-state index in [0.29, 0.717) is 13.0 Å². The second kappa shape index (κ2) is 6.18. The van der Waals surface area contributed by atoms with E-state index in [1.54, 1.807) is 4.68 Å². The smallest absolute Gasteiger partial charge is 0.208 e. The van der Waals surface area contributed by atoms with Crippen molar-refractivity contribution in [2.75, 3.05) is 12.8 Å². The maximum Gasteiger partial charge on any atom is 0.208 e. The van der Waals surface area contributed by atoms with Gasteiger partial charge in [-0.15, -0.1) is 5.10 Å². The van der Waals surface area contributed by atoms with Crippen LogP contribution in [0.2, 0.25) is 0 Å². The molecule has 0 radical (unpaired) electrons. The predicted molar refractivity (Wildman–Crippen MR) is 86.6 cm³/mol. The van der Waals surface area contributed by atoms with Crippen LogP contribution in [0.15, 0.2) is 30.5 Å². The summed E-state index contributed by atoms with van der Waals surface area (Å²) >= 11 is 0. The fourth-order valence-electron chi connectivity index (χ4n) is 2.02. The Hall–Kier alpha value is -1.73. The standard InChI is InChI=1S/C15H22N4O2S/c1-15(2,3)12-5-7-14(8-6-12)19-11-13(17-18-19)9-10-16-22(4,20)21/h5-8,11,16H,9-10H2,1-4H3. The van der Waals surface area contributed by atoms with E-state index in [4.69, 9.17) is 0 Å². The molecule has 1 N–H and O–H groups in total. The van der Waals surface area contributed by atoms with Crippen molar-refractivity contribution >= 4 is 10.0 Å². The number of rotatable bonds is 5. The fraction of sp³-hybridized carbons (Fsp3) is 0.467. The van der Waals surface area contributed by atoms with Crippen LogP contribution in [0.25, 0.3) is 5.69 Å². The van der Waals surface area contributed by atoms with Gasteiger partial charge in [-0.3, -0.25) is 0 Å². The molecule has 0 fully saturated rings. The van der Waals surface area contributed by atoms with Gasteiger partial charge in [0.05, 0.1) is 23.8 Å². The number of hydrogen-bond acceptors (Lipinski definition) is 4. The maximum absolute atomic E-state index is 11.0. The summed E-state index contributed by atoms with van der Waals surface area (Å²) in [5.41, 5.74) is 3.05. The third-order valence-corrected chi connectivity index (χ3v) is 4.01. The van der Waals surface area contributed by atoms with Gasteiger partial charge in [-0.2, -0.15) is 0 Å². The Morgan fingerprint density at radius 1 is 1.18 bits per heavy atom. The van der Waals surface area contributed by atoms with Gasteiger partial charge >= 0.3 is 0 Å². The zero-order valence-electron chi connectivity index (χ0n) is 13.4. The van der Waals surface area contributed by atoms with Crippen molar-refractivity contribution < 1.29 is 8.42 Å². The number of sulfonamides is 1. The molecule has 6 nitrogen and oxygen atoms in total. The van der Waals surface area contributed by atoms with Crippen LogP contribution in [-0.2, 0) is 21.9 Å². The van der Waals surface area contributed by atoms with Gasteiger partial charge in [0.25, 0.3) is 0 Å². The van der Waals surface area contributed by atoms with Crippen molar-refractivity contribution in [2.45, 2.75) is 32.6 Å². The van der Waals surface area contributed by atoms with Crippen LogP contribution < -0.4 is 4.72 Å². The summed E-state index contributed by atoms with van der Waals surface area (Å²) in [4.78, 5) is 0. The Bertz CT molecular complexity index is 728. The van der Waals surface area contributed by atoms with Crippen LogP contribution in [0.3, 0.4) is 0 Å². The maximum atomic E-state index is 11.0. The third kappa shape index (κ3) is 4.64. The molecule has 7 heteroatoms. The number of nitrogens with zero attached hydrogens (tertiary/aromatic N) is 3. The first-order chi connectivity index (χ1) is 10.1. The van der Waals surface area contributed by atoms with Gasteiger partial charge in [-0.05, 0) is 23.1 Å². The number of aromatic nitrogens is 3. The highest BCUT2D eigenvalue weighted by Crippen LogP contribution is 2.22. The van der Waals surface area contributed by atoms with Crippen LogP contribution in [0.1, 0.15) is 32.0 Å². The molecule has 2 aromatic rings. The van der Waals surface area contributed by atoms with E-state index in [9.17, 15) is 8.42 Å². The van der Waals surface area contributed by atoms with E-state index < -0.39 is 10.0 Å². The normalized spacial score (nSPS) is 12.5. The Labute approximate surface area is 131 Å². The fourth-order valence-corrected chi connectivity index (χ4v) is 2.49. The molecule has 0 spiro atoms. The minimum atomic E-state index is -3.16. The van der Waals surface area contributed by atoms with E-state index in [1.165, 1.54) is 5.56 Å². The van der Waals surface area contributed by atoms with Crippen molar-refractivity contribution in [1.29, 1.82) is 0 Å². The van der Waals surface area contributed by atoms with E-state index in [-0.39, 0.29) is 5.41 Å². The van der Waals surface area contributed by atoms with Crippen molar-refractivity contribution in [3.05, 3.63) is 41.7 Å². The van der Waals surface area contributed by atoms with Crippen LogP contribution in [-0.4, -0.2) is 36.2 Å². The molecule has 2 rings (SSSR count). The molecule has 120 valence electrons. The van der Waals surface area contributed by atoms with Gasteiger partial charge in [-0.25, -0.2) is 17.8 Å². The molecule has 0 amide bonds. The molecule has 0 saturated carbocycles. The summed E-state index contributed by atoms with van der Waals surface area (Å²) in [6.07, 6.45) is 3.46. The monoisotopic (exact) mass is 322 g/mol. The SMILES string of the molecule is CC(C)(C)c1ccc(-n2cc(CCNS(C)(=O)=O)nn2)cc1. The van der Waals surface area contributed by atoms with Gasteiger partial charge in [-0.1, -0.05) is 38.1 Å². The highest BCUT2D eigenvalue weighted by atomic mass is 32.2. The molecule has 1 aromatic heterocycles. The minimum absolute atomic E-state index is 0.114. The summed E-state index contributed by atoms with van der Waals surface area (Å²) in [6.45, 7) is 6.83. The average Bonchev–Trinajstić information content (AvgIpc) is 2.85. The summed E-state index contributed by atoms with van der Waals surface area (Å²) in [5, 5.41) is 8.14. The number of nitrogens with one attached hydrogen (secondary N) is 1. The average molecular weight is 322 g/mol. The highest BCUT2D eigenvalue weighted by molar-refractivity contribution is 7.88. The third-order valence-electron chi connectivity index (χ3n) is 3.28. The highest BCUT2D eigenvalue weighted by Gasteiger charge is 2.13. The molecule has 22 heavy (non-hydrogen) atoms. The quantitative estimate of drug-likeness (QED) is 0.908. The Morgan fingerprint density at radius 3 is 2.36 bits per heavy atom. The molecule has 0 saturated heterocycles. The predicted octanol–water partition coefficient (Wildman–Crippen LogP) is 1.66. The number of benzene rings is 1. The lowest BCUT2D eigenvalue weighted by atomic mass is 9.87. The summed E-state index contributed by atoms with van der Waals surface area (Å²) in [7, 11) is -3.16. The van der Waals surface area contributed by atoms with E-state index in [2.05, 4.69) is 47.9 Å². The molecule has 0 aliphatic carbocycles. The second-order valence-corrected chi connectivity index (χ2v) is 8.20. The molecule has 1 heterocycles. The Kier molecular flexibility index (Phi) is 4.67. The summed E-state index contributed by atoms with van der Waals surface area (Å²) in [6, 6.07) is 8.19. The van der Waals surface area contributed by atoms with Gasteiger partial charge < -0.3 is 0 Å². The molecule has 0 aliphatic heterocycles. The van der Waals surface area contributed by atoms with E-state index in [1.807, 2.05) is 18.3 Å². The second-order valence-electron chi connectivity index (χ2n) is 6.37. The van der Waals surface area contributed by atoms with Crippen LogP contribution >= 0.6 is 0 Å². The zero-order chi connectivity index (χ0) is 16.4. The largest absolute Gasteiger partial charge is 0.220 e. The van der Waals surface area contributed by atoms with Gasteiger partial charge in [0.2, 0.25) is 10.0 Å². The molecule has 0 aliphatic rings. The summed E-state index contributed by atoms with van der Waals surface area (Å²) in [5.74, 6) is 0. The van der Waals surface area contributed by atoms with Crippen molar-refractivity contribution in [3.63, 3.8) is 0 Å². The molecule has 0 unspecified atom stereocenters. The van der Waals surface area contributed by atoms with Crippen molar-refractivity contribution in [3.8, 4) is 5.69 Å². The van der Waals surface area contributed by atoms with Gasteiger partial charge in [0, 0.05) is 13.0 Å². The van der Waals surface area contributed by atoms with Crippen molar-refractivity contribution in [2.24, 2.45) is 0 Å². The first-order valence-electron chi connectivity index (χ1n) is 7.12. The van der Waals surface area contributed by atoms with Gasteiger partial charge in [0.1, 0.15) is 0 Å². The molecular weight excluding hydrogens is 300 g/mol. The van der Waals surface area contributed by atoms with Crippen molar-refractivity contribution in [1.82, 2.24) is 19.7 Å². The summed E-state index contributed by atoms with van der Waals surface area (Å²) < 4.78 is 26.2. The first-order valence-corrected chi connectivity index (χ1v) is 9.01. The topological polar surface area (TPSA) is 76.9 Å². The Balaban J connectivity index is 2.05. The zero-order valence-corrected chi connectivity index (χ0v) is 14.2. The molecule has 0 atom stereocenters. The first kappa shape index (κ1) is 16.6. The minimum Gasteiger partial charge on any atom is -0.220 e. The van der Waals surface area contributed by atoms with E-state index in [0.717, 1.165) is 17.6 Å². The van der Waals surface area contributed by atoms with Crippen LogP contribution in [0, 0.1) is 0 Å². The molecule has 1 aromatic carbocycles. The lowest BCUT2D eigenvalue weighted by Gasteiger charge is -2.19. The molecule has 0 bridgehead atoms. The molecular formula is C15H22N4O2S. The van der Waals surface area contributed by atoms with E-state index >= 15 is 0 Å². The number of hydrogen-bond donors (Lipinski definition) is 1. The lowest BCUT2D eigenvalue weighted by molar-refractivity contribution is 0.587. The Morgan fingerprint density at radius 2 is 1.82 bits per heavy atom. The van der Waals surface area contributed by atoms with Crippen LogP contribution in [0.4, 0.5) is 0 Å². The lowest BCUT2D eigenvalue weighted by Crippen LogP contribution is -2.24.